The molecule has 1 aliphatic rings. The minimum absolute atomic E-state index is 0.630. The molecule has 0 saturated heterocycles. The van der Waals surface area contributed by atoms with Gasteiger partial charge in [0, 0.05) is 12.5 Å². The molecule has 1 atom stereocenters. The van der Waals surface area contributed by atoms with E-state index in [9.17, 15) is 0 Å². The minimum atomic E-state index is 0.630. The number of para-hydroxylation sites is 2. The fourth-order valence-corrected chi connectivity index (χ4v) is 2.44. The number of nitrogen functional groups attached to an aromatic ring is 1. The van der Waals surface area contributed by atoms with E-state index in [1.54, 1.807) is 0 Å². The van der Waals surface area contributed by atoms with Crippen LogP contribution in [0.4, 0.5) is 11.4 Å². The SMILES string of the molecule is Nc1ccccc1NCC1Cc2ccccc21. The van der Waals surface area contributed by atoms with Crippen LogP contribution in [0.2, 0.25) is 0 Å². The van der Waals surface area contributed by atoms with Crippen molar-refractivity contribution >= 4 is 11.4 Å². The first-order valence-electron chi connectivity index (χ1n) is 6.01. The molecule has 17 heavy (non-hydrogen) atoms. The highest BCUT2D eigenvalue weighted by Crippen LogP contribution is 2.35. The van der Waals surface area contributed by atoms with Crippen molar-refractivity contribution in [1.82, 2.24) is 0 Å². The molecule has 0 spiro atoms. The molecular formula is C15H16N2. The van der Waals surface area contributed by atoms with Gasteiger partial charge in [0.05, 0.1) is 11.4 Å². The smallest absolute Gasteiger partial charge is 0.0574 e. The summed E-state index contributed by atoms with van der Waals surface area (Å²) in [6.45, 7) is 0.964. The molecule has 2 nitrogen and oxygen atoms in total. The van der Waals surface area contributed by atoms with Gasteiger partial charge in [-0.25, -0.2) is 0 Å². The van der Waals surface area contributed by atoms with Crippen LogP contribution in [0, 0.1) is 0 Å². The molecule has 0 aromatic heterocycles. The van der Waals surface area contributed by atoms with Crippen LogP contribution in [-0.2, 0) is 6.42 Å². The summed E-state index contributed by atoms with van der Waals surface area (Å²) in [5, 5.41) is 3.43. The van der Waals surface area contributed by atoms with E-state index in [0.717, 1.165) is 17.9 Å². The van der Waals surface area contributed by atoms with Crippen molar-refractivity contribution in [3.05, 3.63) is 59.7 Å². The number of benzene rings is 2. The standard InChI is InChI=1S/C15H16N2/c16-14-7-3-4-8-15(14)17-10-12-9-11-5-1-2-6-13(11)12/h1-8,12,17H,9-10,16H2. The molecule has 2 aromatic carbocycles. The highest BCUT2D eigenvalue weighted by molar-refractivity contribution is 5.65. The lowest BCUT2D eigenvalue weighted by Gasteiger charge is -2.30. The molecule has 0 bridgehead atoms. The minimum Gasteiger partial charge on any atom is -0.397 e. The van der Waals surface area contributed by atoms with Crippen LogP contribution in [0.5, 0.6) is 0 Å². The Kier molecular flexibility index (Phi) is 2.48. The molecule has 1 unspecified atom stereocenters. The van der Waals surface area contributed by atoms with Crippen molar-refractivity contribution < 1.29 is 0 Å². The third-order valence-electron chi connectivity index (χ3n) is 3.46. The van der Waals surface area contributed by atoms with Gasteiger partial charge in [-0.15, -0.1) is 0 Å². The Balaban J connectivity index is 1.66. The van der Waals surface area contributed by atoms with Gasteiger partial charge >= 0.3 is 0 Å². The molecule has 0 radical (unpaired) electrons. The Labute approximate surface area is 101 Å². The maximum Gasteiger partial charge on any atom is 0.0574 e. The summed E-state index contributed by atoms with van der Waals surface area (Å²) in [6, 6.07) is 16.6. The summed E-state index contributed by atoms with van der Waals surface area (Å²) in [4.78, 5) is 0. The zero-order chi connectivity index (χ0) is 11.7. The largest absolute Gasteiger partial charge is 0.397 e. The number of hydrogen-bond acceptors (Lipinski definition) is 2. The van der Waals surface area contributed by atoms with Crippen LogP contribution in [0.15, 0.2) is 48.5 Å². The second-order valence-electron chi connectivity index (χ2n) is 4.57. The van der Waals surface area contributed by atoms with Gasteiger partial charge in [-0.2, -0.15) is 0 Å². The summed E-state index contributed by atoms with van der Waals surface area (Å²) in [5.41, 5.74) is 10.7. The number of hydrogen-bond donors (Lipinski definition) is 2. The van der Waals surface area contributed by atoms with E-state index in [-0.39, 0.29) is 0 Å². The van der Waals surface area contributed by atoms with Crippen LogP contribution < -0.4 is 11.1 Å². The Morgan fingerprint density at radius 2 is 1.82 bits per heavy atom. The van der Waals surface area contributed by atoms with E-state index in [1.807, 2.05) is 24.3 Å². The molecule has 86 valence electrons. The van der Waals surface area contributed by atoms with Gasteiger partial charge in [0.15, 0.2) is 0 Å². The number of nitrogens with two attached hydrogens (primary N) is 1. The summed E-state index contributed by atoms with van der Waals surface area (Å²) < 4.78 is 0. The summed E-state index contributed by atoms with van der Waals surface area (Å²) in [6.07, 6.45) is 1.18. The molecule has 0 saturated carbocycles. The van der Waals surface area contributed by atoms with Crippen LogP contribution in [0.1, 0.15) is 17.0 Å². The van der Waals surface area contributed by atoms with E-state index in [4.69, 9.17) is 5.73 Å². The number of rotatable bonds is 3. The maximum atomic E-state index is 5.90. The van der Waals surface area contributed by atoms with E-state index in [1.165, 1.54) is 17.5 Å². The molecule has 0 amide bonds. The average molecular weight is 224 g/mol. The van der Waals surface area contributed by atoms with Crippen molar-refractivity contribution in [2.75, 3.05) is 17.6 Å². The first-order chi connectivity index (χ1) is 8.34. The second kappa shape index (κ2) is 4.13. The van der Waals surface area contributed by atoms with Gasteiger partial charge in [0.1, 0.15) is 0 Å². The van der Waals surface area contributed by atoms with Crippen molar-refractivity contribution in [3.8, 4) is 0 Å². The quantitative estimate of drug-likeness (QED) is 0.786. The molecule has 1 aliphatic carbocycles. The van der Waals surface area contributed by atoms with E-state index < -0.39 is 0 Å². The molecule has 2 heteroatoms. The van der Waals surface area contributed by atoms with Crippen molar-refractivity contribution in [2.24, 2.45) is 0 Å². The van der Waals surface area contributed by atoms with E-state index >= 15 is 0 Å². The van der Waals surface area contributed by atoms with Crippen molar-refractivity contribution in [1.29, 1.82) is 0 Å². The highest BCUT2D eigenvalue weighted by Gasteiger charge is 2.24. The topological polar surface area (TPSA) is 38.0 Å². The van der Waals surface area contributed by atoms with Gasteiger partial charge in [-0.1, -0.05) is 36.4 Å². The number of fused-ring (bicyclic) bond motifs is 1. The zero-order valence-corrected chi connectivity index (χ0v) is 9.69. The first kappa shape index (κ1) is 10.2. The van der Waals surface area contributed by atoms with Crippen LogP contribution in [0.3, 0.4) is 0 Å². The van der Waals surface area contributed by atoms with Crippen molar-refractivity contribution in [2.45, 2.75) is 12.3 Å². The third kappa shape index (κ3) is 1.86. The molecule has 2 aromatic rings. The van der Waals surface area contributed by atoms with Crippen molar-refractivity contribution in [3.63, 3.8) is 0 Å². The predicted molar refractivity (Wildman–Crippen MR) is 72.2 cm³/mol. The third-order valence-corrected chi connectivity index (χ3v) is 3.46. The summed E-state index contributed by atoms with van der Waals surface area (Å²) in [7, 11) is 0. The second-order valence-corrected chi connectivity index (χ2v) is 4.57. The summed E-state index contributed by atoms with van der Waals surface area (Å²) >= 11 is 0. The number of anilines is 2. The molecule has 0 aliphatic heterocycles. The normalized spacial score (nSPS) is 17.1. The van der Waals surface area contributed by atoms with Crippen LogP contribution in [-0.4, -0.2) is 6.54 Å². The highest BCUT2D eigenvalue weighted by atomic mass is 14.9. The summed E-state index contributed by atoms with van der Waals surface area (Å²) in [5.74, 6) is 0.630. The van der Waals surface area contributed by atoms with Gasteiger partial charge < -0.3 is 11.1 Å². The molecule has 0 heterocycles. The Morgan fingerprint density at radius 3 is 2.65 bits per heavy atom. The predicted octanol–water partition coefficient (Wildman–Crippen LogP) is 3.02. The Bertz CT molecular complexity index is 534. The van der Waals surface area contributed by atoms with Gasteiger partial charge in [-0.05, 0) is 29.7 Å². The van der Waals surface area contributed by atoms with Crippen LogP contribution >= 0.6 is 0 Å². The fraction of sp³-hybridized carbons (Fsp3) is 0.200. The zero-order valence-electron chi connectivity index (χ0n) is 9.69. The lowest BCUT2D eigenvalue weighted by Crippen LogP contribution is -2.24. The maximum absolute atomic E-state index is 5.90. The molecular weight excluding hydrogens is 208 g/mol. The van der Waals surface area contributed by atoms with E-state index in [2.05, 4.69) is 29.6 Å². The fourth-order valence-electron chi connectivity index (χ4n) is 2.44. The van der Waals surface area contributed by atoms with Gasteiger partial charge in [0.25, 0.3) is 0 Å². The Hall–Kier alpha value is -1.96. The van der Waals surface area contributed by atoms with Crippen LogP contribution in [0.25, 0.3) is 0 Å². The lowest BCUT2D eigenvalue weighted by molar-refractivity contribution is 0.636. The molecule has 0 fully saturated rings. The van der Waals surface area contributed by atoms with Gasteiger partial charge in [0.2, 0.25) is 0 Å². The average Bonchev–Trinajstić information content (AvgIpc) is 2.32. The van der Waals surface area contributed by atoms with Gasteiger partial charge in [-0.3, -0.25) is 0 Å². The Morgan fingerprint density at radius 1 is 1.06 bits per heavy atom. The molecule has 3 rings (SSSR count). The van der Waals surface area contributed by atoms with E-state index in [0.29, 0.717) is 5.92 Å². The molecule has 3 N–H and O–H groups in total. The monoisotopic (exact) mass is 224 g/mol. The first-order valence-corrected chi connectivity index (χ1v) is 6.01. The number of nitrogens with one attached hydrogen (secondary N) is 1. The lowest BCUT2D eigenvalue weighted by atomic mass is 9.77.